The predicted molar refractivity (Wildman–Crippen MR) is 85.8 cm³/mol. The maximum atomic E-state index is 12.6. The summed E-state index contributed by atoms with van der Waals surface area (Å²) in [4.78, 5) is 0.414. The summed E-state index contributed by atoms with van der Waals surface area (Å²) in [6, 6.07) is 7.36. The molecular weight excluding hydrogens is 284 g/mol. The van der Waals surface area contributed by atoms with Crippen molar-refractivity contribution < 1.29 is 8.42 Å². The fraction of sp³-hybridized carbons (Fsp3) is 0.625. The molecule has 0 bridgehead atoms. The maximum absolute atomic E-state index is 12.6. The van der Waals surface area contributed by atoms with Gasteiger partial charge in [-0.25, -0.2) is 8.42 Å². The molecule has 1 saturated heterocycles. The van der Waals surface area contributed by atoms with E-state index in [1.54, 1.807) is 16.4 Å². The van der Waals surface area contributed by atoms with E-state index in [2.05, 4.69) is 19.2 Å². The lowest BCUT2D eigenvalue weighted by Crippen LogP contribution is -2.30. The van der Waals surface area contributed by atoms with Gasteiger partial charge in [0.25, 0.3) is 0 Å². The molecular formula is C16H26N2O2S. The van der Waals surface area contributed by atoms with Crippen LogP contribution in [0.1, 0.15) is 32.3 Å². The molecule has 0 saturated carbocycles. The summed E-state index contributed by atoms with van der Waals surface area (Å²) >= 11 is 0. The van der Waals surface area contributed by atoms with Crippen molar-refractivity contribution in [1.29, 1.82) is 0 Å². The molecule has 4 nitrogen and oxygen atoms in total. The van der Waals surface area contributed by atoms with E-state index in [0.717, 1.165) is 25.8 Å². The zero-order chi connectivity index (χ0) is 15.5. The molecule has 1 heterocycles. The molecule has 1 aromatic carbocycles. The van der Waals surface area contributed by atoms with Gasteiger partial charge in [-0.05, 0) is 56.0 Å². The number of rotatable bonds is 6. The summed E-state index contributed by atoms with van der Waals surface area (Å²) in [6.07, 6.45) is 2.95. The van der Waals surface area contributed by atoms with E-state index in [1.807, 2.05) is 19.2 Å². The smallest absolute Gasteiger partial charge is 0.243 e. The van der Waals surface area contributed by atoms with E-state index in [-0.39, 0.29) is 5.41 Å². The van der Waals surface area contributed by atoms with Crippen LogP contribution in [0, 0.1) is 5.41 Å². The summed E-state index contributed by atoms with van der Waals surface area (Å²) in [5.74, 6) is 0. The normalized spacial score (nSPS) is 19.0. The van der Waals surface area contributed by atoms with E-state index in [4.69, 9.17) is 0 Å². The highest BCUT2D eigenvalue weighted by atomic mass is 32.2. The average Bonchev–Trinajstić information content (AvgIpc) is 2.81. The number of nitrogens with zero attached hydrogens (tertiary/aromatic N) is 1. The molecule has 0 radical (unpaired) electrons. The molecule has 1 aliphatic heterocycles. The topological polar surface area (TPSA) is 49.4 Å². The van der Waals surface area contributed by atoms with Gasteiger partial charge in [-0.3, -0.25) is 0 Å². The number of hydrogen-bond acceptors (Lipinski definition) is 3. The van der Waals surface area contributed by atoms with Crippen LogP contribution in [-0.4, -0.2) is 39.4 Å². The van der Waals surface area contributed by atoms with Crippen molar-refractivity contribution in [3.63, 3.8) is 0 Å². The molecule has 0 atom stereocenters. The number of sulfonamides is 1. The van der Waals surface area contributed by atoms with Crippen molar-refractivity contribution in [2.75, 3.05) is 26.7 Å². The van der Waals surface area contributed by atoms with Crippen LogP contribution in [0.3, 0.4) is 0 Å². The van der Waals surface area contributed by atoms with E-state index in [9.17, 15) is 8.42 Å². The Morgan fingerprint density at radius 3 is 2.43 bits per heavy atom. The van der Waals surface area contributed by atoms with Gasteiger partial charge in [0.2, 0.25) is 10.0 Å². The van der Waals surface area contributed by atoms with Crippen LogP contribution >= 0.6 is 0 Å². The van der Waals surface area contributed by atoms with Crippen LogP contribution in [0.5, 0.6) is 0 Å². The van der Waals surface area contributed by atoms with Gasteiger partial charge in [0.05, 0.1) is 4.90 Å². The first-order chi connectivity index (χ1) is 9.85. The number of nitrogens with one attached hydrogen (secondary N) is 1. The fourth-order valence-corrected chi connectivity index (χ4v) is 4.34. The zero-order valence-corrected chi connectivity index (χ0v) is 14.0. The van der Waals surface area contributed by atoms with Crippen LogP contribution in [0.25, 0.3) is 0 Å². The molecule has 118 valence electrons. The summed E-state index contributed by atoms with van der Waals surface area (Å²) in [5, 5.41) is 3.12. The van der Waals surface area contributed by atoms with Crippen LogP contribution in [0.4, 0.5) is 0 Å². The Bertz CT molecular complexity index is 564. The molecule has 0 unspecified atom stereocenters. The van der Waals surface area contributed by atoms with E-state index in [1.165, 1.54) is 5.56 Å². The predicted octanol–water partition coefficient (Wildman–Crippen LogP) is 2.26. The second-order valence-corrected chi connectivity index (χ2v) is 8.54. The third-order valence-electron chi connectivity index (χ3n) is 4.10. The highest BCUT2D eigenvalue weighted by molar-refractivity contribution is 7.89. The average molecular weight is 310 g/mol. The molecule has 2 rings (SSSR count). The molecule has 1 N–H and O–H groups in total. The summed E-state index contributed by atoms with van der Waals surface area (Å²) < 4.78 is 26.8. The van der Waals surface area contributed by atoms with Crippen molar-refractivity contribution >= 4 is 10.0 Å². The lowest BCUT2D eigenvalue weighted by atomic mass is 9.93. The van der Waals surface area contributed by atoms with Crippen molar-refractivity contribution in [3.8, 4) is 0 Å². The molecule has 0 spiro atoms. The standard InChI is InChI=1S/C16H26N2O2S/c1-16(2)10-12-18(13-16)21(19,20)15-8-6-14(7-9-15)5-4-11-17-3/h6-9,17H,4-5,10-13H2,1-3H3. The number of aryl methyl sites for hydroxylation is 1. The molecule has 0 aliphatic carbocycles. The quantitative estimate of drug-likeness (QED) is 0.820. The molecule has 1 fully saturated rings. The maximum Gasteiger partial charge on any atom is 0.243 e. The van der Waals surface area contributed by atoms with E-state index < -0.39 is 10.0 Å². The van der Waals surface area contributed by atoms with E-state index in [0.29, 0.717) is 18.0 Å². The molecule has 0 aromatic heterocycles. The molecule has 0 amide bonds. The van der Waals surface area contributed by atoms with Crippen LogP contribution < -0.4 is 5.32 Å². The Balaban J connectivity index is 2.07. The Labute approximate surface area is 128 Å². The van der Waals surface area contributed by atoms with Gasteiger partial charge in [-0.2, -0.15) is 4.31 Å². The van der Waals surface area contributed by atoms with Gasteiger partial charge in [-0.1, -0.05) is 26.0 Å². The SMILES string of the molecule is CNCCCc1ccc(S(=O)(=O)N2CCC(C)(C)C2)cc1. The Morgan fingerprint density at radius 2 is 1.90 bits per heavy atom. The summed E-state index contributed by atoms with van der Waals surface area (Å²) in [5.41, 5.74) is 1.27. The Morgan fingerprint density at radius 1 is 1.24 bits per heavy atom. The van der Waals surface area contributed by atoms with Crippen molar-refractivity contribution in [2.24, 2.45) is 5.41 Å². The molecule has 5 heteroatoms. The van der Waals surface area contributed by atoms with Gasteiger partial charge >= 0.3 is 0 Å². The highest BCUT2D eigenvalue weighted by Crippen LogP contribution is 2.32. The minimum absolute atomic E-state index is 0.0835. The lowest BCUT2D eigenvalue weighted by molar-refractivity contribution is 0.375. The van der Waals surface area contributed by atoms with Crippen LogP contribution in [0.2, 0.25) is 0 Å². The zero-order valence-electron chi connectivity index (χ0n) is 13.2. The first kappa shape index (κ1) is 16.5. The van der Waals surface area contributed by atoms with Crippen LogP contribution in [-0.2, 0) is 16.4 Å². The van der Waals surface area contributed by atoms with Gasteiger partial charge in [0.1, 0.15) is 0 Å². The number of hydrogen-bond donors (Lipinski definition) is 1. The molecule has 21 heavy (non-hydrogen) atoms. The summed E-state index contributed by atoms with van der Waals surface area (Å²) in [7, 11) is -1.39. The highest BCUT2D eigenvalue weighted by Gasteiger charge is 2.36. The van der Waals surface area contributed by atoms with Crippen molar-refractivity contribution in [3.05, 3.63) is 29.8 Å². The Hall–Kier alpha value is -0.910. The van der Waals surface area contributed by atoms with Gasteiger partial charge in [0, 0.05) is 13.1 Å². The molecule has 1 aromatic rings. The minimum atomic E-state index is -3.33. The van der Waals surface area contributed by atoms with Crippen molar-refractivity contribution in [1.82, 2.24) is 9.62 Å². The fourth-order valence-electron chi connectivity index (χ4n) is 2.71. The second kappa shape index (κ2) is 6.46. The largest absolute Gasteiger partial charge is 0.320 e. The second-order valence-electron chi connectivity index (χ2n) is 6.60. The van der Waals surface area contributed by atoms with E-state index >= 15 is 0 Å². The first-order valence-electron chi connectivity index (χ1n) is 7.59. The Kier molecular flexibility index (Phi) is 5.07. The third kappa shape index (κ3) is 4.05. The van der Waals surface area contributed by atoms with Crippen LogP contribution in [0.15, 0.2) is 29.2 Å². The van der Waals surface area contributed by atoms with Crippen molar-refractivity contribution in [2.45, 2.75) is 38.0 Å². The van der Waals surface area contributed by atoms with Gasteiger partial charge in [0.15, 0.2) is 0 Å². The van der Waals surface area contributed by atoms with Gasteiger partial charge < -0.3 is 5.32 Å². The lowest BCUT2D eigenvalue weighted by Gasteiger charge is -2.19. The van der Waals surface area contributed by atoms with Gasteiger partial charge in [-0.15, -0.1) is 0 Å². The minimum Gasteiger partial charge on any atom is -0.320 e. The first-order valence-corrected chi connectivity index (χ1v) is 9.03. The summed E-state index contributed by atoms with van der Waals surface area (Å²) in [6.45, 7) is 6.45. The monoisotopic (exact) mass is 310 g/mol. The number of benzene rings is 1. The third-order valence-corrected chi connectivity index (χ3v) is 5.96. The molecule has 1 aliphatic rings.